The van der Waals surface area contributed by atoms with Crippen molar-refractivity contribution in [2.24, 2.45) is 0 Å². The number of hydrogen-bond acceptors (Lipinski definition) is 4. The number of ether oxygens (including phenoxy) is 2. The lowest BCUT2D eigenvalue weighted by Gasteiger charge is -2.10. The molecule has 0 amide bonds. The van der Waals surface area contributed by atoms with Crippen LogP contribution < -0.4 is 14.8 Å². The normalized spacial score (nSPS) is 11.1. The maximum absolute atomic E-state index is 12.9. The van der Waals surface area contributed by atoms with Gasteiger partial charge in [0.25, 0.3) is 0 Å². The zero-order valence-corrected chi connectivity index (χ0v) is 14.6. The van der Waals surface area contributed by atoms with E-state index in [-0.39, 0.29) is 11.6 Å². The molecule has 0 aliphatic carbocycles. The van der Waals surface area contributed by atoms with Crippen LogP contribution in [-0.2, 0) is 6.42 Å². The number of carbonyl (C=O) groups is 1. The van der Waals surface area contributed by atoms with Crippen LogP contribution in [0.2, 0.25) is 0 Å². The molecule has 0 aliphatic heterocycles. The first-order chi connectivity index (χ1) is 12.0. The Bertz CT molecular complexity index is 754. The van der Waals surface area contributed by atoms with Crippen molar-refractivity contribution in [3.05, 3.63) is 71.2 Å². The van der Waals surface area contributed by atoms with Gasteiger partial charge in [0.15, 0.2) is 17.3 Å². The van der Waals surface area contributed by atoms with Crippen molar-refractivity contribution < 1.29 is 18.7 Å². The third-order valence-electron chi connectivity index (χ3n) is 3.79. The minimum absolute atomic E-state index is 0.126. The highest BCUT2D eigenvalue weighted by atomic mass is 19.1. The lowest BCUT2D eigenvalue weighted by Crippen LogP contribution is -2.13. The summed E-state index contributed by atoms with van der Waals surface area (Å²) in [5.74, 6) is 0.905. The molecule has 0 fully saturated rings. The van der Waals surface area contributed by atoms with Crippen LogP contribution in [0.3, 0.4) is 0 Å². The molecule has 1 N–H and O–H groups in total. The molecule has 0 heterocycles. The van der Waals surface area contributed by atoms with Gasteiger partial charge in [-0.3, -0.25) is 4.79 Å². The van der Waals surface area contributed by atoms with Crippen LogP contribution in [0, 0.1) is 5.82 Å². The van der Waals surface area contributed by atoms with Crippen LogP contribution in [-0.4, -0.2) is 26.5 Å². The minimum Gasteiger partial charge on any atom is -0.493 e. The lowest BCUT2D eigenvalue weighted by molar-refractivity contribution is 0.103. The van der Waals surface area contributed by atoms with Gasteiger partial charge in [-0.15, -0.1) is 0 Å². The van der Waals surface area contributed by atoms with Gasteiger partial charge in [-0.05, 0) is 55.3 Å². The van der Waals surface area contributed by atoms with Crippen molar-refractivity contribution in [2.75, 3.05) is 20.8 Å². The first kappa shape index (κ1) is 18.5. The molecule has 132 valence electrons. The van der Waals surface area contributed by atoms with E-state index in [9.17, 15) is 9.18 Å². The second-order valence-corrected chi connectivity index (χ2v) is 5.56. The Morgan fingerprint density at radius 2 is 1.76 bits per heavy atom. The summed E-state index contributed by atoms with van der Waals surface area (Å²) < 4.78 is 23.4. The third kappa shape index (κ3) is 5.08. The van der Waals surface area contributed by atoms with Gasteiger partial charge in [-0.1, -0.05) is 6.07 Å². The van der Waals surface area contributed by atoms with E-state index in [2.05, 4.69) is 5.32 Å². The zero-order valence-electron chi connectivity index (χ0n) is 14.6. The smallest absolute Gasteiger partial charge is 0.190 e. The number of ketones is 1. The molecule has 0 unspecified atom stereocenters. The van der Waals surface area contributed by atoms with E-state index in [4.69, 9.17) is 9.47 Å². The number of nitrogens with one attached hydrogen (secondary N) is 1. The summed E-state index contributed by atoms with van der Waals surface area (Å²) in [6, 6.07) is 11.3. The Morgan fingerprint density at radius 3 is 2.40 bits per heavy atom. The molecule has 0 saturated carbocycles. The van der Waals surface area contributed by atoms with Crippen LogP contribution in [0.1, 0.15) is 22.8 Å². The van der Waals surface area contributed by atoms with Crippen molar-refractivity contribution in [3.8, 4) is 11.5 Å². The first-order valence-corrected chi connectivity index (χ1v) is 7.96. The van der Waals surface area contributed by atoms with Crippen molar-refractivity contribution >= 4 is 5.78 Å². The van der Waals surface area contributed by atoms with Gasteiger partial charge in [-0.2, -0.15) is 0 Å². The fourth-order valence-electron chi connectivity index (χ4n) is 2.37. The SMILES string of the molecule is COc1ccc(CCN/C=C(\C)C(=O)c2ccc(F)cc2)cc1OC. The highest BCUT2D eigenvalue weighted by Gasteiger charge is 2.08. The average Bonchev–Trinajstić information content (AvgIpc) is 2.64. The molecule has 5 heteroatoms. The second kappa shape index (κ2) is 8.87. The molecule has 2 rings (SSSR count). The van der Waals surface area contributed by atoms with Gasteiger partial charge in [0, 0.05) is 23.9 Å². The summed E-state index contributed by atoms with van der Waals surface area (Å²) >= 11 is 0. The van der Waals surface area contributed by atoms with E-state index < -0.39 is 0 Å². The van der Waals surface area contributed by atoms with E-state index in [1.807, 2.05) is 18.2 Å². The molecule has 4 nitrogen and oxygen atoms in total. The van der Waals surface area contributed by atoms with Crippen LogP contribution >= 0.6 is 0 Å². The molecular formula is C20H22FNO3. The van der Waals surface area contributed by atoms with Crippen molar-refractivity contribution in [1.82, 2.24) is 5.32 Å². The number of allylic oxidation sites excluding steroid dienone is 1. The van der Waals surface area contributed by atoms with Gasteiger partial charge in [0.05, 0.1) is 14.2 Å². The van der Waals surface area contributed by atoms with Crippen LogP contribution in [0.25, 0.3) is 0 Å². The maximum Gasteiger partial charge on any atom is 0.190 e. The monoisotopic (exact) mass is 343 g/mol. The van der Waals surface area contributed by atoms with Crippen LogP contribution in [0.4, 0.5) is 4.39 Å². The molecule has 0 radical (unpaired) electrons. The summed E-state index contributed by atoms with van der Waals surface area (Å²) in [6.45, 7) is 2.40. The van der Waals surface area contributed by atoms with Crippen molar-refractivity contribution in [1.29, 1.82) is 0 Å². The maximum atomic E-state index is 12.9. The Kier molecular flexibility index (Phi) is 6.57. The van der Waals surface area contributed by atoms with E-state index in [1.165, 1.54) is 24.3 Å². The topological polar surface area (TPSA) is 47.6 Å². The Hall–Kier alpha value is -2.82. The van der Waals surface area contributed by atoms with E-state index >= 15 is 0 Å². The molecule has 2 aromatic carbocycles. The second-order valence-electron chi connectivity index (χ2n) is 5.56. The van der Waals surface area contributed by atoms with E-state index in [0.717, 1.165) is 12.0 Å². The van der Waals surface area contributed by atoms with Gasteiger partial charge >= 0.3 is 0 Å². The van der Waals surface area contributed by atoms with E-state index in [1.54, 1.807) is 27.3 Å². The zero-order chi connectivity index (χ0) is 18.2. The fourth-order valence-corrected chi connectivity index (χ4v) is 2.37. The van der Waals surface area contributed by atoms with Crippen molar-refractivity contribution in [2.45, 2.75) is 13.3 Å². The first-order valence-electron chi connectivity index (χ1n) is 7.96. The molecule has 0 aliphatic rings. The molecule has 0 atom stereocenters. The van der Waals surface area contributed by atoms with Crippen molar-refractivity contribution in [3.63, 3.8) is 0 Å². The number of Topliss-reactive ketones (excluding diaryl/α,β-unsaturated/α-hetero) is 1. The molecule has 0 saturated heterocycles. The largest absolute Gasteiger partial charge is 0.493 e. The molecule has 2 aromatic rings. The highest BCUT2D eigenvalue weighted by Crippen LogP contribution is 2.27. The van der Waals surface area contributed by atoms with Gasteiger partial charge in [0.1, 0.15) is 5.82 Å². The number of hydrogen-bond donors (Lipinski definition) is 1. The summed E-state index contributed by atoms with van der Waals surface area (Å²) in [5, 5.41) is 3.13. The Labute approximate surface area is 147 Å². The summed E-state index contributed by atoms with van der Waals surface area (Å²) in [4.78, 5) is 12.2. The third-order valence-corrected chi connectivity index (χ3v) is 3.79. The minimum atomic E-state index is -0.355. The number of methoxy groups -OCH3 is 2. The number of halogens is 1. The van der Waals surface area contributed by atoms with Gasteiger partial charge in [0.2, 0.25) is 0 Å². The van der Waals surface area contributed by atoms with E-state index in [0.29, 0.717) is 29.2 Å². The van der Waals surface area contributed by atoms with Crippen LogP contribution in [0.5, 0.6) is 11.5 Å². The molecule has 0 bridgehead atoms. The van der Waals surface area contributed by atoms with Crippen LogP contribution in [0.15, 0.2) is 54.2 Å². The summed E-state index contributed by atoms with van der Waals surface area (Å²) in [6.07, 6.45) is 2.46. The predicted molar refractivity (Wildman–Crippen MR) is 95.7 cm³/mol. The fraction of sp³-hybridized carbons (Fsp3) is 0.250. The number of benzene rings is 2. The molecule has 0 spiro atoms. The number of carbonyl (C=O) groups excluding carboxylic acids is 1. The highest BCUT2D eigenvalue weighted by molar-refractivity contribution is 6.08. The Morgan fingerprint density at radius 1 is 1.08 bits per heavy atom. The summed E-state index contributed by atoms with van der Waals surface area (Å²) in [5.41, 5.74) is 2.14. The lowest BCUT2D eigenvalue weighted by atomic mass is 10.1. The average molecular weight is 343 g/mol. The molecule has 25 heavy (non-hydrogen) atoms. The predicted octanol–water partition coefficient (Wildman–Crippen LogP) is 3.76. The quantitative estimate of drug-likeness (QED) is 0.450. The van der Waals surface area contributed by atoms with Gasteiger partial charge in [-0.25, -0.2) is 4.39 Å². The molecular weight excluding hydrogens is 321 g/mol. The Balaban J connectivity index is 1.90. The standard InChI is InChI=1S/C20H22FNO3/c1-14(20(23)16-5-7-17(21)8-6-16)13-22-11-10-15-4-9-18(24-2)19(12-15)25-3/h4-9,12-13,22H,10-11H2,1-3H3/b14-13+. The molecule has 0 aromatic heterocycles. The number of rotatable bonds is 8. The summed E-state index contributed by atoms with van der Waals surface area (Å²) in [7, 11) is 3.21. The van der Waals surface area contributed by atoms with Gasteiger partial charge < -0.3 is 14.8 Å².